The van der Waals surface area contributed by atoms with Crippen LogP contribution < -0.4 is 5.32 Å². The fraction of sp³-hybridized carbons (Fsp3) is 0.400. The zero-order valence-electron chi connectivity index (χ0n) is 12.1. The summed E-state index contributed by atoms with van der Waals surface area (Å²) in [6.07, 6.45) is 5.08. The highest BCUT2D eigenvalue weighted by atomic mass is 16.2. The molecule has 0 fully saturated rings. The number of hydrogen-bond donors (Lipinski definition) is 1. The average molecular weight is 272 g/mol. The number of carbonyl (C=O) groups excluding carboxylic acids is 1. The summed E-state index contributed by atoms with van der Waals surface area (Å²) in [4.78, 5) is 21.1. The van der Waals surface area contributed by atoms with E-state index in [1.54, 1.807) is 23.0 Å². The molecule has 0 aromatic carbocycles. The molecule has 0 atom stereocenters. The van der Waals surface area contributed by atoms with Crippen molar-refractivity contribution in [3.8, 4) is 0 Å². The second kappa shape index (κ2) is 6.32. The van der Waals surface area contributed by atoms with Crippen molar-refractivity contribution in [1.82, 2.24) is 14.5 Å². The number of anilines is 1. The van der Waals surface area contributed by atoms with Gasteiger partial charge < -0.3 is 5.32 Å². The number of rotatable bonds is 5. The molecular formula is C15H20N4O. The molecule has 2 rings (SSSR count). The third-order valence-electron chi connectivity index (χ3n) is 2.81. The van der Waals surface area contributed by atoms with Crippen molar-refractivity contribution in [1.29, 1.82) is 0 Å². The fourth-order valence-electron chi connectivity index (χ4n) is 1.98. The van der Waals surface area contributed by atoms with E-state index in [1.807, 2.05) is 26.0 Å². The number of aromatic nitrogens is 3. The third kappa shape index (κ3) is 3.23. The zero-order valence-corrected chi connectivity index (χ0v) is 12.1. The summed E-state index contributed by atoms with van der Waals surface area (Å²) in [5, 5.41) is 3.20. The molecule has 5 nitrogen and oxygen atoms in total. The van der Waals surface area contributed by atoms with Crippen LogP contribution in [0.15, 0.2) is 30.6 Å². The number of pyridine rings is 1. The molecule has 106 valence electrons. The number of nitrogens with zero attached hydrogens (tertiary/aromatic N) is 3. The molecule has 0 saturated heterocycles. The molecule has 20 heavy (non-hydrogen) atoms. The Bertz CT molecular complexity index is 589. The highest BCUT2D eigenvalue weighted by Crippen LogP contribution is 2.10. The van der Waals surface area contributed by atoms with Crippen LogP contribution in [-0.2, 0) is 6.42 Å². The number of nitrogens with one attached hydrogen (secondary N) is 1. The summed E-state index contributed by atoms with van der Waals surface area (Å²) in [6.45, 7) is 6.13. The SMILES string of the molecule is CCCc1nccn1C(=O)c1cccc(NC(C)C)n1. The molecular weight excluding hydrogens is 252 g/mol. The quantitative estimate of drug-likeness (QED) is 0.909. The van der Waals surface area contributed by atoms with E-state index in [0.29, 0.717) is 11.5 Å². The van der Waals surface area contributed by atoms with Crippen LogP contribution in [-0.4, -0.2) is 26.5 Å². The van der Waals surface area contributed by atoms with Gasteiger partial charge in [0.15, 0.2) is 0 Å². The standard InChI is InChI=1S/C15H20N4O/c1-4-6-14-16-9-10-19(14)15(20)12-7-5-8-13(18-12)17-11(2)3/h5,7-11H,4,6H2,1-3H3,(H,17,18). The van der Waals surface area contributed by atoms with E-state index >= 15 is 0 Å². The first-order valence-corrected chi connectivity index (χ1v) is 6.92. The lowest BCUT2D eigenvalue weighted by atomic mass is 10.3. The smallest absolute Gasteiger partial charge is 0.282 e. The van der Waals surface area contributed by atoms with Crippen LogP contribution in [0.4, 0.5) is 5.82 Å². The Hall–Kier alpha value is -2.17. The Morgan fingerprint density at radius 2 is 2.20 bits per heavy atom. The Labute approximate surface area is 119 Å². The Morgan fingerprint density at radius 3 is 2.90 bits per heavy atom. The lowest BCUT2D eigenvalue weighted by Crippen LogP contribution is -2.18. The van der Waals surface area contributed by atoms with Gasteiger partial charge in [-0.05, 0) is 32.4 Å². The van der Waals surface area contributed by atoms with Crippen molar-refractivity contribution in [3.63, 3.8) is 0 Å². The molecule has 0 bridgehead atoms. The van der Waals surface area contributed by atoms with Gasteiger partial charge in [0.1, 0.15) is 17.3 Å². The van der Waals surface area contributed by atoms with E-state index in [0.717, 1.165) is 18.7 Å². The first kappa shape index (κ1) is 14.2. The van der Waals surface area contributed by atoms with Gasteiger partial charge in [-0.3, -0.25) is 9.36 Å². The molecule has 0 unspecified atom stereocenters. The summed E-state index contributed by atoms with van der Waals surface area (Å²) >= 11 is 0. The molecule has 1 N–H and O–H groups in total. The molecule has 2 heterocycles. The number of carbonyl (C=O) groups is 1. The lowest BCUT2D eigenvalue weighted by molar-refractivity contribution is 0.0951. The van der Waals surface area contributed by atoms with Gasteiger partial charge in [0.2, 0.25) is 0 Å². The molecule has 0 saturated carbocycles. The minimum Gasteiger partial charge on any atom is -0.368 e. The Balaban J connectivity index is 2.26. The zero-order chi connectivity index (χ0) is 14.5. The maximum absolute atomic E-state index is 12.5. The van der Waals surface area contributed by atoms with Gasteiger partial charge >= 0.3 is 0 Å². The van der Waals surface area contributed by atoms with Crippen molar-refractivity contribution in [2.75, 3.05) is 5.32 Å². The highest BCUT2D eigenvalue weighted by Gasteiger charge is 2.14. The third-order valence-corrected chi connectivity index (χ3v) is 2.81. The first-order chi connectivity index (χ1) is 9.61. The molecule has 0 aliphatic carbocycles. The van der Waals surface area contributed by atoms with E-state index < -0.39 is 0 Å². The van der Waals surface area contributed by atoms with Gasteiger partial charge in [0.05, 0.1) is 0 Å². The van der Waals surface area contributed by atoms with Crippen LogP contribution in [0.1, 0.15) is 43.5 Å². The number of aryl methyl sites for hydroxylation is 1. The number of imidazole rings is 1. The first-order valence-electron chi connectivity index (χ1n) is 6.92. The van der Waals surface area contributed by atoms with Crippen LogP contribution in [0.5, 0.6) is 0 Å². The van der Waals surface area contributed by atoms with Gasteiger partial charge in [-0.25, -0.2) is 9.97 Å². The topological polar surface area (TPSA) is 59.8 Å². The molecule has 2 aromatic rings. The maximum atomic E-state index is 12.5. The van der Waals surface area contributed by atoms with Crippen LogP contribution >= 0.6 is 0 Å². The molecule has 0 aliphatic rings. The average Bonchev–Trinajstić information content (AvgIpc) is 2.86. The van der Waals surface area contributed by atoms with Crippen molar-refractivity contribution < 1.29 is 4.79 Å². The van der Waals surface area contributed by atoms with Gasteiger partial charge in [-0.15, -0.1) is 0 Å². The maximum Gasteiger partial charge on any atom is 0.282 e. The van der Waals surface area contributed by atoms with Gasteiger partial charge in [-0.2, -0.15) is 0 Å². The van der Waals surface area contributed by atoms with E-state index in [-0.39, 0.29) is 11.9 Å². The van der Waals surface area contributed by atoms with Crippen LogP contribution in [0.3, 0.4) is 0 Å². The lowest BCUT2D eigenvalue weighted by Gasteiger charge is -2.10. The van der Waals surface area contributed by atoms with Crippen molar-refractivity contribution in [2.24, 2.45) is 0 Å². The van der Waals surface area contributed by atoms with Crippen LogP contribution in [0.2, 0.25) is 0 Å². The van der Waals surface area contributed by atoms with Crippen molar-refractivity contribution in [3.05, 3.63) is 42.1 Å². The molecule has 5 heteroatoms. The molecule has 0 radical (unpaired) electrons. The second-order valence-corrected chi connectivity index (χ2v) is 4.98. The van der Waals surface area contributed by atoms with Gasteiger partial charge in [0.25, 0.3) is 5.91 Å². The molecule has 2 aromatic heterocycles. The summed E-state index contributed by atoms with van der Waals surface area (Å²) in [7, 11) is 0. The minimum absolute atomic E-state index is 0.140. The Morgan fingerprint density at radius 1 is 1.40 bits per heavy atom. The van der Waals surface area contributed by atoms with E-state index in [1.165, 1.54) is 0 Å². The van der Waals surface area contributed by atoms with E-state index in [9.17, 15) is 4.79 Å². The van der Waals surface area contributed by atoms with Gasteiger partial charge in [0, 0.05) is 24.9 Å². The highest BCUT2D eigenvalue weighted by molar-refractivity contribution is 5.94. The second-order valence-electron chi connectivity index (χ2n) is 4.98. The Kier molecular flexibility index (Phi) is 4.50. The summed E-state index contributed by atoms with van der Waals surface area (Å²) in [5.74, 6) is 1.35. The largest absolute Gasteiger partial charge is 0.368 e. The predicted molar refractivity (Wildman–Crippen MR) is 78.9 cm³/mol. The van der Waals surface area contributed by atoms with E-state index in [2.05, 4.69) is 22.2 Å². The fourth-order valence-corrected chi connectivity index (χ4v) is 1.98. The summed E-state index contributed by atoms with van der Waals surface area (Å²) in [5.41, 5.74) is 0.422. The van der Waals surface area contributed by atoms with Gasteiger partial charge in [-0.1, -0.05) is 13.0 Å². The normalized spacial score (nSPS) is 10.8. The minimum atomic E-state index is -0.140. The van der Waals surface area contributed by atoms with Crippen LogP contribution in [0.25, 0.3) is 0 Å². The van der Waals surface area contributed by atoms with Crippen LogP contribution in [0, 0.1) is 0 Å². The summed E-state index contributed by atoms with van der Waals surface area (Å²) in [6, 6.07) is 5.69. The summed E-state index contributed by atoms with van der Waals surface area (Å²) < 4.78 is 1.57. The molecule has 0 spiro atoms. The van der Waals surface area contributed by atoms with Crippen molar-refractivity contribution in [2.45, 2.75) is 39.7 Å². The molecule has 0 aliphatic heterocycles. The predicted octanol–water partition coefficient (Wildman–Crippen LogP) is 2.74. The molecule has 0 amide bonds. The van der Waals surface area contributed by atoms with E-state index in [4.69, 9.17) is 0 Å². The van der Waals surface area contributed by atoms with Crippen molar-refractivity contribution >= 4 is 11.7 Å². The monoisotopic (exact) mass is 272 g/mol. The number of hydrogen-bond acceptors (Lipinski definition) is 4.